The number of amides is 1. The minimum atomic E-state index is -3.98. The molecule has 2 aromatic carbocycles. The fourth-order valence-electron chi connectivity index (χ4n) is 2.78. The van der Waals surface area contributed by atoms with E-state index in [1.165, 1.54) is 24.7 Å². The summed E-state index contributed by atoms with van der Waals surface area (Å²) in [5.74, 6) is -0.443. The van der Waals surface area contributed by atoms with Gasteiger partial charge in [0.2, 0.25) is 5.91 Å². The third-order valence-electron chi connectivity index (χ3n) is 4.47. The lowest BCUT2D eigenvalue weighted by Gasteiger charge is -2.26. The zero-order valence-corrected chi connectivity index (χ0v) is 17.6. The number of sulfonamides is 1. The van der Waals surface area contributed by atoms with Gasteiger partial charge in [-0.25, -0.2) is 8.42 Å². The van der Waals surface area contributed by atoms with Crippen LogP contribution in [-0.4, -0.2) is 20.9 Å². The summed E-state index contributed by atoms with van der Waals surface area (Å²) in [6.45, 7) is 3.45. The third-order valence-corrected chi connectivity index (χ3v) is 6.66. The van der Waals surface area contributed by atoms with Gasteiger partial charge >= 0.3 is 0 Å². The maximum atomic E-state index is 13.4. The van der Waals surface area contributed by atoms with Gasteiger partial charge in [-0.3, -0.25) is 9.10 Å². The normalized spacial score (nSPS) is 11.3. The molecule has 6 nitrogen and oxygen atoms in total. The molecular formula is C21H21ClN2O4S. The summed E-state index contributed by atoms with van der Waals surface area (Å²) in [6.07, 6.45) is 3.02. The molecule has 0 bridgehead atoms. The van der Waals surface area contributed by atoms with Crippen molar-refractivity contribution in [3.8, 4) is 0 Å². The van der Waals surface area contributed by atoms with Gasteiger partial charge in [0, 0.05) is 17.1 Å². The number of furan rings is 1. The Morgan fingerprint density at radius 3 is 2.48 bits per heavy atom. The number of anilines is 1. The fraction of sp³-hybridized carbons (Fsp3) is 0.190. The molecule has 8 heteroatoms. The molecule has 0 fully saturated rings. The average molecular weight is 433 g/mol. The van der Waals surface area contributed by atoms with Crippen molar-refractivity contribution in [2.75, 3.05) is 10.8 Å². The second-order valence-corrected chi connectivity index (χ2v) is 8.89. The Labute approximate surface area is 175 Å². The maximum absolute atomic E-state index is 13.4. The first-order valence-corrected chi connectivity index (χ1v) is 10.7. The molecular weight excluding hydrogens is 412 g/mol. The Bertz CT molecular complexity index is 1090. The summed E-state index contributed by atoms with van der Waals surface area (Å²) in [5.41, 5.74) is 2.65. The fourth-order valence-corrected chi connectivity index (χ4v) is 4.43. The van der Waals surface area contributed by atoms with Gasteiger partial charge in [0.25, 0.3) is 10.0 Å². The summed E-state index contributed by atoms with van der Waals surface area (Å²) < 4.78 is 32.8. The lowest BCUT2D eigenvalue weighted by atomic mass is 10.2. The molecule has 29 heavy (non-hydrogen) atoms. The van der Waals surface area contributed by atoms with Crippen molar-refractivity contribution in [2.24, 2.45) is 0 Å². The van der Waals surface area contributed by atoms with E-state index < -0.39 is 15.9 Å². The van der Waals surface area contributed by atoms with E-state index in [2.05, 4.69) is 5.32 Å². The average Bonchev–Trinajstić information content (AvgIpc) is 3.21. The van der Waals surface area contributed by atoms with Gasteiger partial charge in [-0.15, -0.1) is 0 Å². The lowest BCUT2D eigenvalue weighted by molar-refractivity contribution is -0.119. The van der Waals surface area contributed by atoms with Gasteiger partial charge in [-0.1, -0.05) is 35.4 Å². The van der Waals surface area contributed by atoms with Gasteiger partial charge < -0.3 is 9.73 Å². The number of aryl methyl sites for hydroxylation is 1. The highest BCUT2D eigenvalue weighted by Gasteiger charge is 2.28. The standard InChI is InChI=1S/C21H21ClN2O4S/c1-15-6-8-18(9-7-15)29(26,27)24(20-5-3-4-19(22)16(20)2)13-21(25)23-12-17-10-11-28-14-17/h3-11,14H,12-13H2,1-2H3,(H,23,25). The molecule has 3 rings (SSSR count). The summed E-state index contributed by atoms with van der Waals surface area (Å²) in [4.78, 5) is 12.7. The van der Waals surface area contributed by atoms with Crippen LogP contribution in [0.5, 0.6) is 0 Å². The first-order valence-electron chi connectivity index (χ1n) is 8.91. The van der Waals surface area contributed by atoms with Crippen molar-refractivity contribution in [3.63, 3.8) is 0 Å². The van der Waals surface area contributed by atoms with Crippen LogP contribution in [0.4, 0.5) is 5.69 Å². The Morgan fingerprint density at radius 1 is 1.10 bits per heavy atom. The number of rotatable bonds is 7. The van der Waals surface area contributed by atoms with Crippen LogP contribution in [0, 0.1) is 13.8 Å². The topological polar surface area (TPSA) is 79.6 Å². The molecule has 0 atom stereocenters. The smallest absolute Gasteiger partial charge is 0.264 e. The molecule has 1 amide bonds. The molecule has 0 aliphatic heterocycles. The summed E-state index contributed by atoms with van der Waals surface area (Å²) in [6, 6.07) is 13.2. The molecule has 0 spiro atoms. The van der Waals surface area contributed by atoms with Crippen molar-refractivity contribution in [2.45, 2.75) is 25.3 Å². The zero-order valence-electron chi connectivity index (χ0n) is 16.1. The van der Waals surface area contributed by atoms with Gasteiger partial charge in [0.05, 0.1) is 23.1 Å². The number of halogens is 1. The summed E-state index contributed by atoms with van der Waals surface area (Å²) in [5, 5.41) is 3.14. The molecule has 1 aromatic heterocycles. The van der Waals surface area contributed by atoms with Gasteiger partial charge in [-0.2, -0.15) is 0 Å². The van der Waals surface area contributed by atoms with Crippen LogP contribution in [0.25, 0.3) is 0 Å². The molecule has 1 N–H and O–H groups in total. The largest absolute Gasteiger partial charge is 0.472 e. The number of nitrogens with zero attached hydrogens (tertiary/aromatic N) is 1. The van der Waals surface area contributed by atoms with E-state index in [9.17, 15) is 13.2 Å². The van der Waals surface area contributed by atoms with Crippen molar-refractivity contribution in [1.29, 1.82) is 0 Å². The number of nitrogens with one attached hydrogen (secondary N) is 1. The maximum Gasteiger partial charge on any atom is 0.264 e. The molecule has 0 radical (unpaired) electrons. The quantitative estimate of drug-likeness (QED) is 0.610. The predicted octanol–water partition coefficient (Wildman–Crippen LogP) is 4.06. The second-order valence-electron chi connectivity index (χ2n) is 6.62. The highest BCUT2D eigenvalue weighted by molar-refractivity contribution is 7.92. The minimum Gasteiger partial charge on any atom is -0.472 e. The van der Waals surface area contributed by atoms with Crippen LogP contribution in [-0.2, 0) is 21.4 Å². The first-order chi connectivity index (χ1) is 13.8. The number of carbonyl (C=O) groups is 1. The van der Waals surface area contributed by atoms with E-state index in [0.717, 1.165) is 15.4 Å². The Kier molecular flexibility index (Phi) is 6.30. The summed E-state index contributed by atoms with van der Waals surface area (Å²) in [7, 11) is -3.98. The number of hydrogen-bond donors (Lipinski definition) is 1. The molecule has 0 aliphatic carbocycles. The number of hydrogen-bond acceptors (Lipinski definition) is 4. The molecule has 0 unspecified atom stereocenters. The van der Waals surface area contributed by atoms with E-state index in [0.29, 0.717) is 16.3 Å². The van der Waals surface area contributed by atoms with Crippen LogP contribution in [0.2, 0.25) is 5.02 Å². The lowest BCUT2D eigenvalue weighted by Crippen LogP contribution is -2.41. The van der Waals surface area contributed by atoms with Crippen molar-refractivity contribution in [1.82, 2.24) is 5.32 Å². The molecule has 1 heterocycles. The monoisotopic (exact) mass is 432 g/mol. The van der Waals surface area contributed by atoms with E-state index in [-0.39, 0.29) is 18.0 Å². The third kappa shape index (κ3) is 4.81. The van der Waals surface area contributed by atoms with Crippen molar-refractivity contribution < 1.29 is 17.6 Å². The molecule has 152 valence electrons. The van der Waals surface area contributed by atoms with Crippen LogP contribution >= 0.6 is 11.6 Å². The number of carbonyl (C=O) groups excluding carboxylic acids is 1. The minimum absolute atomic E-state index is 0.102. The molecule has 0 saturated heterocycles. The van der Waals surface area contributed by atoms with Crippen LogP contribution < -0.4 is 9.62 Å². The first kappa shape index (κ1) is 21.0. The van der Waals surface area contributed by atoms with Crippen LogP contribution in [0.1, 0.15) is 16.7 Å². The van der Waals surface area contributed by atoms with E-state index >= 15 is 0 Å². The number of benzene rings is 2. The van der Waals surface area contributed by atoms with Gasteiger partial charge in [0.15, 0.2) is 0 Å². The van der Waals surface area contributed by atoms with Crippen LogP contribution in [0.15, 0.2) is 70.4 Å². The van der Waals surface area contributed by atoms with Gasteiger partial charge in [-0.05, 0) is 49.7 Å². The molecule has 0 saturated carbocycles. The highest BCUT2D eigenvalue weighted by atomic mass is 35.5. The van der Waals surface area contributed by atoms with Crippen LogP contribution in [0.3, 0.4) is 0 Å². The van der Waals surface area contributed by atoms with E-state index in [1.807, 2.05) is 6.92 Å². The second kappa shape index (κ2) is 8.71. The SMILES string of the molecule is Cc1ccc(S(=O)(=O)N(CC(=O)NCc2ccoc2)c2cccc(Cl)c2C)cc1. The summed E-state index contributed by atoms with van der Waals surface area (Å²) >= 11 is 6.21. The van der Waals surface area contributed by atoms with Crippen molar-refractivity contribution >= 4 is 33.2 Å². The Morgan fingerprint density at radius 2 is 1.83 bits per heavy atom. The van der Waals surface area contributed by atoms with E-state index in [4.69, 9.17) is 16.0 Å². The highest BCUT2D eigenvalue weighted by Crippen LogP contribution is 2.30. The predicted molar refractivity (Wildman–Crippen MR) is 112 cm³/mol. The molecule has 0 aliphatic rings. The van der Waals surface area contributed by atoms with E-state index in [1.54, 1.807) is 43.3 Å². The van der Waals surface area contributed by atoms with Crippen molar-refractivity contribution in [3.05, 3.63) is 82.8 Å². The molecule has 3 aromatic rings. The Hall–Kier alpha value is -2.77. The van der Waals surface area contributed by atoms with Gasteiger partial charge in [0.1, 0.15) is 6.54 Å². The Balaban J connectivity index is 1.94. The zero-order chi connectivity index (χ0) is 21.0.